The SMILES string of the molecule is CNC.NC(=O)S.NC(=O)S. The highest BCUT2D eigenvalue weighted by Crippen LogP contribution is 1.61. The number of thiol groups is 2. The van der Waals surface area contributed by atoms with Gasteiger partial charge >= 0.3 is 0 Å². The van der Waals surface area contributed by atoms with Gasteiger partial charge in [0.1, 0.15) is 0 Å². The van der Waals surface area contributed by atoms with Crippen LogP contribution in [0.4, 0.5) is 9.59 Å². The molecule has 0 aromatic carbocycles. The fraction of sp³-hybridized carbons (Fsp3) is 0.500. The van der Waals surface area contributed by atoms with Crippen molar-refractivity contribution in [3.63, 3.8) is 0 Å². The highest BCUT2D eigenvalue weighted by atomic mass is 32.1. The average Bonchev–Trinajstić information content (AvgIpc) is 1.60. The van der Waals surface area contributed by atoms with E-state index in [-0.39, 0.29) is 0 Å². The second-order valence-electron chi connectivity index (χ2n) is 1.18. The molecule has 0 aliphatic heterocycles. The Kier molecular flexibility index (Phi) is 25.1. The minimum atomic E-state index is -0.639. The van der Waals surface area contributed by atoms with Crippen LogP contribution in [0.25, 0.3) is 0 Å². The predicted molar refractivity (Wildman–Crippen MR) is 52.1 cm³/mol. The summed E-state index contributed by atoms with van der Waals surface area (Å²) in [6.07, 6.45) is 0. The van der Waals surface area contributed by atoms with Gasteiger partial charge in [-0.1, -0.05) is 25.3 Å². The van der Waals surface area contributed by atoms with Gasteiger partial charge in [0.05, 0.1) is 0 Å². The van der Waals surface area contributed by atoms with Gasteiger partial charge in [0.2, 0.25) is 0 Å². The first-order chi connectivity index (χ1) is 4.88. The molecule has 0 aromatic rings. The van der Waals surface area contributed by atoms with Crippen LogP contribution in [0.3, 0.4) is 0 Å². The van der Waals surface area contributed by atoms with E-state index in [0.29, 0.717) is 0 Å². The second kappa shape index (κ2) is 16.3. The number of primary amides is 2. The van der Waals surface area contributed by atoms with Crippen LogP contribution >= 0.6 is 25.3 Å². The molecule has 0 aliphatic rings. The Balaban J connectivity index is -0.0000000886. The lowest BCUT2D eigenvalue weighted by Crippen LogP contribution is -1.95. The standard InChI is InChI=1S/C2H7N.2CH3NOS/c1-3-2;2*2-1(3)4/h3H,1-2H3;2*(H3,2,3,4). The van der Waals surface area contributed by atoms with Crippen molar-refractivity contribution < 1.29 is 9.59 Å². The Morgan fingerprint density at radius 2 is 1.09 bits per heavy atom. The number of hydrogen-bond acceptors (Lipinski definition) is 3. The van der Waals surface area contributed by atoms with Crippen LogP contribution < -0.4 is 16.8 Å². The number of rotatable bonds is 0. The molecule has 0 aromatic heterocycles. The largest absolute Gasteiger partial charge is 0.361 e. The topological polar surface area (TPSA) is 98.2 Å². The molecule has 0 bridgehead atoms. The van der Waals surface area contributed by atoms with Gasteiger partial charge in [-0.3, -0.25) is 9.59 Å². The number of nitrogens with one attached hydrogen (secondary N) is 1. The van der Waals surface area contributed by atoms with Gasteiger partial charge in [0.25, 0.3) is 10.5 Å². The number of carbonyl (C=O) groups excluding carboxylic acids is 2. The van der Waals surface area contributed by atoms with Gasteiger partial charge in [-0.15, -0.1) is 0 Å². The maximum atomic E-state index is 9.09. The van der Waals surface area contributed by atoms with Gasteiger partial charge in [-0.2, -0.15) is 0 Å². The molecule has 0 radical (unpaired) electrons. The average molecular weight is 199 g/mol. The lowest BCUT2D eigenvalue weighted by molar-refractivity contribution is 0.266. The molecule has 0 fully saturated rings. The van der Waals surface area contributed by atoms with Crippen LogP contribution in [0.15, 0.2) is 0 Å². The molecule has 0 unspecified atom stereocenters. The normalized spacial score (nSPS) is 6.18. The van der Waals surface area contributed by atoms with E-state index < -0.39 is 10.5 Å². The minimum absolute atomic E-state index is 0.639. The molecule has 0 heterocycles. The van der Waals surface area contributed by atoms with Crippen molar-refractivity contribution in [2.24, 2.45) is 11.5 Å². The summed E-state index contributed by atoms with van der Waals surface area (Å²) in [5.74, 6) is 0. The van der Waals surface area contributed by atoms with Crippen molar-refractivity contribution in [2.75, 3.05) is 14.1 Å². The predicted octanol–water partition coefficient (Wildman–Crippen LogP) is -0.175. The molecule has 0 rings (SSSR count). The van der Waals surface area contributed by atoms with Crippen LogP contribution in [-0.2, 0) is 0 Å². The third kappa shape index (κ3) is 3470. The summed E-state index contributed by atoms with van der Waals surface area (Å²) in [7, 11) is 3.75. The summed E-state index contributed by atoms with van der Waals surface area (Å²) < 4.78 is 0. The van der Waals surface area contributed by atoms with Gasteiger partial charge in [0, 0.05) is 0 Å². The molecule has 5 nitrogen and oxygen atoms in total. The summed E-state index contributed by atoms with van der Waals surface area (Å²) in [5.41, 5.74) is 8.67. The molecule has 0 saturated heterocycles. The van der Waals surface area contributed by atoms with Crippen LogP contribution in [0, 0.1) is 0 Å². The summed E-state index contributed by atoms with van der Waals surface area (Å²) >= 11 is 6.21. The van der Waals surface area contributed by atoms with Gasteiger partial charge < -0.3 is 16.8 Å². The monoisotopic (exact) mass is 199 g/mol. The second-order valence-corrected chi connectivity index (χ2v) is 2.06. The molecule has 2 amide bonds. The molecule has 7 heteroatoms. The van der Waals surface area contributed by atoms with Gasteiger partial charge in [-0.25, -0.2) is 0 Å². The highest BCUT2D eigenvalue weighted by Gasteiger charge is 1.63. The van der Waals surface area contributed by atoms with Crippen LogP contribution in [-0.4, -0.2) is 24.6 Å². The minimum Gasteiger partial charge on any atom is -0.361 e. The summed E-state index contributed by atoms with van der Waals surface area (Å²) in [6, 6.07) is 0. The summed E-state index contributed by atoms with van der Waals surface area (Å²) in [6.45, 7) is 0. The van der Waals surface area contributed by atoms with E-state index in [0.717, 1.165) is 0 Å². The molecule has 0 saturated carbocycles. The van der Waals surface area contributed by atoms with Crippen molar-refractivity contribution >= 4 is 35.7 Å². The molecule has 0 aliphatic carbocycles. The van der Waals surface area contributed by atoms with Crippen molar-refractivity contribution in [3.8, 4) is 0 Å². The first-order valence-corrected chi connectivity index (χ1v) is 3.33. The number of carbonyl (C=O) groups is 2. The zero-order chi connectivity index (χ0) is 9.86. The first-order valence-electron chi connectivity index (χ1n) is 2.43. The number of nitrogens with two attached hydrogens (primary N) is 2. The van der Waals surface area contributed by atoms with Crippen LogP contribution in [0.1, 0.15) is 0 Å². The third-order valence-electron chi connectivity index (χ3n) is 0. The maximum absolute atomic E-state index is 9.09. The van der Waals surface area contributed by atoms with E-state index in [4.69, 9.17) is 9.59 Å². The highest BCUT2D eigenvalue weighted by molar-refractivity contribution is 7.96. The summed E-state index contributed by atoms with van der Waals surface area (Å²) in [4.78, 5) is 18.2. The Morgan fingerprint density at radius 3 is 1.09 bits per heavy atom. The van der Waals surface area contributed by atoms with Crippen molar-refractivity contribution in [1.82, 2.24) is 5.32 Å². The lowest BCUT2D eigenvalue weighted by atomic mass is 11.3. The Labute approximate surface area is 76.7 Å². The molecule has 11 heavy (non-hydrogen) atoms. The van der Waals surface area contributed by atoms with Crippen molar-refractivity contribution in [2.45, 2.75) is 0 Å². The third-order valence-corrected chi connectivity index (χ3v) is 0. The number of hydrogen-bond donors (Lipinski definition) is 5. The van der Waals surface area contributed by atoms with E-state index in [2.05, 4.69) is 42.0 Å². The van der Waals surface area contributed by atoms with E-state index in [1.54, 1.807) is 0 Å². The Bertz CT molecular complexity index is 89.5. The van der Waals surface area contributed by atoms with Crippen molar-refractivity contribution in [3.05, 3.63) is 0 Å². The molecule has 5 N–H and O–H groups in total. The Morgan fingerprint density at radius 1 is 1.09 bits per heavy atom. The molecule has 0 spiro atoms. The summed E-state index contributed by atoms with van der Waals surface area (Å²) in [5, 5.41) is 1.47. The van der Waals surface area contributed by atoms with E-state index >= 15 is 0 Å². The maximum Gasteiger partial charge on any atom is 0.273 e. The Hall–Kier alpha value is -0.400. The van der Waals surface area contributed by atoms with E-state index in [1.807, 2.05) is 14.1 Å². The molecular weight excluding hydrogens is 186 g/mol. The molecule has 68 valence electrons. The van der Waals surface area contributed by atoms with Gasteiger partial charge in [0.15, 0.2) is 0 Å². The smallest absolute Gasteiger partial charge is 0.273 e. The molecular formula is C4H13N3O2S2. The zero-order valence-electron chi connectivity index (χ0n) is 6.37. The van der Waals surface area contributed by atoms with Crippen LogP contribution in [0.2, 0.25) is 0 Å². The zero-order valence-corrected chi connectivity index (χ0v) is 8.15. The molecule has 0 atom stereocenters. The fourth-order valence-corrected chi connectivity index (χ4v) is 0. The number of amides is 2. The van der Waals surface area contributed by atoms with Crippen LogP contribution in [0.5, 0.6) is 0 Å². The van der Waals surface area contributed by atoms with E-state index in [1.165, 1.54) is 0 Å². The van der Waals surface area contributed by atoms with Gasteiger partial charge in [-0.05, 0) is 14.1 Å². The van der Waals surface area contributed by atoms with E-state index in [9.17, 15) is 0 Å². The lowest BCUT2D eigenvalue weighted by Gasteiger charge is -1.59. The first kappa shape index (κ1) is 16.9. The van der Waals surface area contributed by atoms with Crippen molar-refractivity contribution in [1.29, 1.82) is 0 Å². The fourth-order valence-electron chi connectivity index (χ4n) is 0. The quantitative estimate of drug-likeness (QED) is 0.350.